The molecule has 1 aliphatic heterocycles. The number of amides is 1. The summed E-state index contributed by atoms with van der Waals surface area (Å²) >= 11 is 0. The molecule has 1 aromatic heterocycles. The number of hydrogen-bond acceptors (Lipinski definition) is 8. The summed E-state index contributed by atoms with van der Waals surface area (Å²) in [5.41, 5.74) is 5.74. The van der Waals surface area contributed by atoms with Crippen LogP contribution in [0.5, 0.6) is 0 Å². The number of alkyl halides is 3. The van der Waals surface area contributed by atoms with E-state index in [9.17, 15) is 23.1 Å². The summed E-state index contributed by atoms with van der Waals surface area (Å²) < 4.78 is 41.4. The fraction of sp³-hybridized carbons (Fsp3) is 0.560. The third-order valence-electron chi connectivity index (χ3n) is 6.95. The minimum atomic E-state index is -4.55. The molecular formula is C25H34F3N7O2. The van der Waals surface area contributed by atoms with E-state index in [1.807, 2.05) is 18.9 Å². The number of aliphatic hydroxyl groups excluding tert-OH is 1. The van der Waals surface area contributed by atoms with E-state index < -0.39 is 17.6 Å². The highest BCUT2D eigenvalue weighted by atomic mass is 19.4. The van der Waals surface area contributed by atoms with Crippen LogP contribution in [-0.2, 0) is 12.6 Å². The minimum absolute atomic E-state index is 0.00769. The number of nitrogens with two attached hydrogens (primary N) is 1. The minimum Gasteiger partial charge on any atom is -0.393 e. The predicted octanol–water partition coefficient (Wildman–Crippen LogP) is 3.37. The molecule has 0 radical (unpaired) electrons. The lowest BCUT2D eigenvalue weighted by Gasteiger charge is -2.34. The molecule has 0 bridgehead atoms. The summed E-state index contributed by atoms with van der Waals surface area (Å²) in [4.78, 5) is 25.2. The molecule has 0 atom stereocenters. The molecule has 0 spiro atoms. The lowest BCUT2D eigenvalue weighted by atomic mass is 9.93. The molecule has 2 heterocycles. The zero-order valence-corrected chi connectivity index (χ0v) is 21.1. The quantitative estimate of drug-likeness (QED) is 0.438. The summed E-state index contributed by atoms with van der Waals surface area (Å²) in [6.07, 6.45) is -1.58. The largest absolute Gasteiger partial charge is 0.416 e. The van der Waals surface area contributed by atoms with Gasteiger partial charge in [0.2, 0.25) is 0 Å². The van der Waals surface area contributed by atoms with Crippen LogP contribution in [0.1, 0.15) is 54.4 Å². The number of likely N-dealkylation sites (N-methyl/N-ethyl adjacent to an activating group) is 1. The van der Waals surface area contributed by atoms with Gasteiger partial charge in [0, 0.05) is 43.6 Å². The van der Waals surface area contributed by atoms with Gasteiger partial charge in [0.05, 0.1) is 17.4 Å². The molecule has 2 aliphatic rings. The van der Waals surface area contributed by atoms with Crippen LogP contribution in [0.2, 0.25) is 0 Å². The van der Waals surface area contributed by atoms with Crippen LogP contribution in [0.4, 0.5) is 36.2 Å². The Labute approximate surface area is 214 Å². The van der Waals surface area contributed by atoms with E-state index in [0.717, 1.165) is 38.1 Å². The van der Waals surface area contributed by atoms with Gasteiger partial charge in [-0.3, -0.25) is 4.79 Å². The number of aryl methyl sites for hydroxylation is 1. The number of rotatable bonds is 7. The summed E-state index contributed by atoms with van der Waals surface area (Å²) in [6, 6.07) is 3.82. The lowest BCUT2D eigenvalue weighted by Crippen LogP contribution is -2.44. The van der Waals surface area contributed by atoms with Gasteiger partial charge in [-0.25, -0.2) is 9.97 Å². The molecule has 12 heteroatoms. The molecule has 2 fully saturated rings. The van der Waals surface area contributed by atoms with Crippen molar-refractivity contribution in [3.63, 3.8) is 0 Å². The molecule has 1 aliphatic carbocycles. The van der Waals surface area contributed by atoms with Gasteiger partial charge in [-0.15, -0.1) is 0 Å². The zero-order valence-electron chi connectivity index (χ0n) is 21.1. The number of aromatic nitrogens is 2. The van der Waals surface area contributed by atoms with Gasteiger partial charge in [-0.05, 0) is 57.4 Å². The van der Waals surface area contributed by atoms with E-state index in [2.05, 4.69) is 25.5 Å². The van der Waals surface area contributed by atoms with Crippen LogP contribution in [0.3, 0.4) is 0 Å². The van der Waals surface area contributed by atoms with Gasteiger partial charge < -0.3 is 31.3 Å². The van der Waals surface area contributed by atoms with Gasteiger partial charge in [0.15, 0.2) is 11.5 Å². The maximum atomic E-state index is 13.8. The molecule has 1 amide bonds. The highest BCUT2D eigenvalue weighted by Crippen LogP contribution is 2.36. The summed E-state index contributed by atoms with van der Waals surface area (Å²) in [5, 5.41) is 16.1. The van der Waals surface area contributed by atoms with Crippen molar-refractivity contribution in [3.05, 3.63) is 35.2 Å². The molecule has 2 aromatic rings. The molecule has 9 nitrogen and oxygen atoms in total. The van der Waals surface area contributed by atoms with Gasteiger partial charge in [-0.2, -0.15) is 13.2 Å². The molecule has 1 aromatic carbocycles. The van der Waals surface area contributed by atoms with Crippen molar-refractivity contribution >= 4 is 28.9 Å². The number of nitrogens with one attached hydrogen (secondary N) is 2. The third kappa shape index (κ3) is 6.61. The number of primary amides is 1. The van der Waals surface area contributed by atoms with Crippen molar-refractivity contribution in [2.24, 2.45) is 5.73 Å². The second-order valence-corrected chi connectivity index (χ2v) is 9.77. The van der Waals surface area contributed by atoms with E-state index in [1.165, 1.54) is 0 Å². The number of nitrogens with zero attached hydrogens (tertiary/aromatic N) is 4. The van der Waals surface area contributed by atoms with E-state index in [4.69, 9.17) is 5.73 Å². The first kappa shape index (κ1) is 26.9. The van der Waals surface area contributed by atoms with Crippen LogP contribution in [0.15, 0.2) is 18.2 Å². The van der Waals surface area contributed by atoms with E-state index in [1.54, 1.807) is 6.07 Å². The van der Waals surface area contributed by atoms with Gasteiger partial charge in [0.25, 0.3) is 5.91 Å². The molecule has 5 N–H and O–H groups in total. The van der Waals surface area contributed by atoms with Gasteiger partial charge in [-0.1, -0.05) is 6.92 Å². The molecule has 1 saturated heterocycles. The zero-order chi connectivity index (χ0) is 26.7. The molecule has 0 unspecified atom stereocenters. The van der Waals surface area contributed by atoms with Crippen molar-refractivity contribution in [1.29, 1.82) is 0 Å². The van der Waals surface area contributed by atoms with E-state index >= 15 is 0 Å². The van der Waals surface area contributed by atoms with Crippen LogP contribution >= 0.6 is 0 Å². The number of hydrogen-bond donors (Lipinski definition) is 4. The van der Waals surface area contributed by atoms with Crippen LogP contribution < -0.4 is 21.3 Å². The summed E-state index contributed by atoms with van der Waals surface area (Å²) in [6.45, 7) is 4.54. The number of carbonyl (C=O) groups is 1. The maximum Gasteiger partial charge on any atom is 0.416 e. The molecule has 202 valence electrons. The first-order valence-electron chi connectivity index (χ1n) is 12.6. The van der Waals surface area contributed by atoms with E-state index in [0.29, 0.717) is 49.6 Å². The molecule has 37 heavy (non-hydrogen) atoms. The summed E-state index contributed by atoms with van der Waals surface area (Å²) in [5.74, 6) is -0.391. The van der Waals surface area contributed by atoms with Crippen molar-refractivity contribution in [1.82, 2.24) is 14.9 Å². The normalized spacial score (nSPS) is 21.1. The van der Waals surface area contributed by atoms with Crippen LogP contribution in [0.25, 0.3) is 0 Å². The Balaban J connectivity index is 1.69. The number of benzene rings is 1. The predicted molar refractivity (Wildman–Crippen MR) is 136 cm³/mol. The number of piperazine rings is 1. The fourth-order valence-corrected chi connectivity index (χ4v) is 4.74. The standard InChI is InChI=1S/C25H34F3N7O2/c1-3-20-23(30-16-4-6-19(36)7-5-16)33-24(21(32-20)22(29)37)31-17-12-15(25(26,27)28)13-18(14-17)35-10-8-34(2)9-11-35/h12-14,16,19,36H,3-11H2,1-2H3,(H2,29,37)(H2,30,31,33)/t16-,19-. The SMILES string of the molecule is CCc1nc(C(N)=O)c(Nc2cc(N3CCN(C)CC3)cc(C(F)(F)F)c2)nc1N[C@H]1CC[C@H](O)CC1. The first-order valence-corrected chi connectivity index (χ1v) is 12.6. The topological polar surface area (TPSA) is 120 Å². The van der Waals surface area contributed by atoms with Gasteiger partial charge >= 0.3 is 6.18 Å². The molecular weight excluding hydrogens is 487 g/mol. The monoisotopic (exact) mass is 521 g/mol. The van der Waals surface area contributed by atoms with Crippen molar-refractivity contribution in [2.45, 2.75) is 57.3 Å². The fourth-order valence-electron chi connectivity index (χ4n) is 4.74. The second-order valence-electron chi connectivity index (χ2n) is 9.77. The molecule has 4 rings (SSSR count). The third-order valence-corrected chi connectivity index (χ3v) is 6.95. The Bertz CT molecular complexity index is 1110. The smallest absolute Gasteiger partial charge is 0.393 e. The first-order chi connectivity index (χ1) is 17.5. The number of anilines is 4. The average Bonchev–Trinajstić information content (AvgIpc) is 2.85. The van der Waals surface area contributed by atoms with Crippen LogP contribution in [-0.4, -0.2) is 71.3 Å². The van der Waals surface area contributed by atoms with Crippen molar-refractivity contribution in [2.75, 3.05) is 48.8 Å². The number of carbonyl (C=O) groups excluding carboxylic acids is 1. The number of halogens is 3. The lowest BCUT2D eigenvalue weighted by molar-refractivity contribution is -0.137. The van der Waals surface area contributed by atoms with E-state index in [-0.39, 0.29) is 29.3 Å². The average molecular weight is 522 g/mol. The Morgan fingerprint density at radius 1 is 1.08 bits per heavy atom. The van der Waals surface area contributed by atoms with Crippen LogP contribution in [0, 0.1) is 0 Å². The highest BCUT2D eigenvalue weighted by Gasteiger charge is 2.32. The number of aliphatic hydroxyl groups is 1. The van der Waals surface area contributed by atoms with Gasteiger partial charge in [0.1, 0.15) is 5.82 Å². The Kier molecular flexibility index (Phi) is 8.08. The Morgan fingerprint density at radius 2 is 1.76 bits per heavy atom. The highest BCUT2D eigenvalue weighted by molar-refractivity contribution is 5.96. The van der Waals surface area contributed by atoms with Crippen molar-refractivity contribution in [3.8, 4) is 0 Å². The summed E-state index contributed by atoms with van der Waals surface area (Å²) in [7, 11) is 1.97. The Morgan fingerprint density at radius 3 is 2.35 bits per heavy atom. The Hall–Kier alpha value is -3.12. The second kappa shape index (κ2) is 11.1. The van der Waals surface area contributed by atoms with Crippen molar-refractivity contribution < 1.29 is 23.1 Å². The maximum absolute atomic E-state index is 13.8. The molecule has 1 saturated carbocycles.